The molecule has 4 aliphatic rings. The van der Waals surface area contributed by atoms with Crippen LogP contribution in [0.25, 0.3) is 0 Å². The van der Waals surface area contributed by atoms with Crippen molar-refractivity contribution in [2.24, 2.45) is 11.3 Å². The number of carbonyl (C=O) groups is 1. The van der Waals surface area contributed by atoms with E-state index in [4.69, 9.17) is 9.47 Å². The first-order valence-corrected chi connectivity index (χ1v) is 13.1. The molecule has 186 valence electrons. The number of amides is 1. The monoisotopic (exact) mass is 477 g/mol. The summed E-state index contributed by atoms with van der Waals surface area (Å²) in [6.07, 6.45) is 9.24. The van der Waals surface area contributed by atoms with Crippen LogP contribution in [-0.4, -0.2) is 77.8 Å². The standard InChI is InChI=1S/C27H35N5O3/c33-26(35-23-13-27(14-23)19-30(20-27)17-21-5-2-1-3-6-21)32-11-9-31(10-12-32)25-28-15-24(16-29-25)34-18-22-7-4-8-22/h1-3,5-6,15-16,22-23H,4,7-14,17-20H2. The number of rotatable bonds is 7. The van der Waals surface area contributed by atoms with Crippen LogP contribution in [0.4, 0.5) is 10.7 Å². The van der Waals surface area contributed by atoms with Crippen molar-refractivity contribution in [3.05, 3.63) is 48.3 Å². The second kappa shape index (κ2) is 9.64. The molecule has 4 fully saturated rings. The Balaban J connectivity index is 0.892. The van der Waals surface area contributed by atoms with E-state index < -0.39 is 0 Å². The SMILES string of the molecule is O=C(OC1CC2(C1)CN(Cc1ccccc1)C2)N1CCN(c2ncc(OCC3CCC3)cn2)CC1. The second-order valence-corrected chi connectivity index (χ2v) is 10.8. The van der Waals surface area contributed by atoms with E-state index in [0.29, 0.717) is 43.5 Å². The van der Waals surface area contributed by atoms with Gasteiger partial charge < -0.3 is 19.3 Å². The van der Waals surface area contributed by atoms with Crippen molar-refractivity contribution in [2.75, 3.05) is 50.8 Å². The van der Waals surface area contributed by atoms with E-state index in [2.05, 4.69) is 50.1 Å². The van der Waals surface area contributed by atoms with Gasteiger partial charge in [-0.05, 0) is 37.2 Å². The number of carbonyl (C=O) groups excluding carboxylic acids is 1. The Bertz CT molecular complexity index is 991. The summed E-state index contributed by atoms with van der Waals surface area (Å²) in [5, 5.41) is 0. The number of benzene rings is 1. The number of ether oxygens (including phenoxy) is 2. The Morgan fingerprint density at radius 3 is 2.37 bits per heavy atom. The molecule has 1 amide bonds. The fourth-order valence-electron chi connectivity index (χ4n) is 5.83. The molecule has 0 N–H and O–H groups in total. The smallest absolute Gasteiger partial charge is 0.410 e. The molecule has 2 saturated carbocycles. The first kappa shape index (κ1) is 22.6. The van der Waals surface area contributed by atoms with Gasteiger partial charge in [0.15, 0.2) is 5.75 Å². The highest BCUT2D eigenvalue weighted by Crippen LogP contribution is 2.50. The second-order valence-electron chi connectivity index (χ2n) is 10.8. The summed E-state index contributed by atoms with van der Waals surface area (Å²) < 4.78 is 11.6. The Kier molecular flexibility index (Phi) is 6.22. The fourth-order valence-corrected chi connectivity index (χ4v) is 5.83. The molecule has 1 aromatic carbocycles. The zero-order chi connectivity index (χ0) is 23.7. The van der Waals surface area contributed by atoms with Gasteiger partial charge in [0.1, 0.15) is 6.10 Å². The topological polar surface area (TPSA) is 71.0 Å². The Morgan fingerprint density at radius 1 is 1.00 bits per heavy atom. The van der Waals surface area contributed by atoms with Crippen LogP contribution >= 0.6 is 0 Å². The fraction of sp³-hybridized carbons (Fsp3) is 0.593. The van der Waals surface area contributed by atoms with Gasteiger partial charge >= 0.3 is 6.09 Å². The number of hydrogen-bond donors (Lipinski definition) is 0. The van der Waals surface area contributed by atoms with Gasteiger partial charge in [0.05, 0.1) is 19.0 Å². The van der Waals surface area contributed by atoms with Crippen LogP contribution in [0.1, 0.15) is 37.7 Å². The minimum atomic E-state index is -0.175. The summed E-state index contributed by atoms with van der Waals surface area (Å²) in [5.74, 6) is 2.12. The number of aromatic nitrogens is 2. The Labute approximate surface area is 207 Å². The number of piperazine rings is 1. The number of nitrogens with zero attached hydrogens (tertiary/aromatic N) is 5. The summed E-state index contributed by atoms with van der Waals surface area (Å²) in [7, 11) is 0. The lowest BCUT2D eigenvalue weighted by Crippen LogP contribution is -2.64. The van der Waals surface area contributed by atoms with Gasteiger partial charge in [-0.25, -0.2) is 14.8 Å². The van der Waals surface area contributed by atoms with E-state index >= 15 is 0 Å². The molecule has 8 nitrogen and oxygen atoms in total. The van der Waals surface area contributed by atoms with Gasteiger partial charge in [0.25, 0.3) is 0 Å². The molecule has 1 aromatic heterocycles. The lowest BCUT2D eigenvalue weighted by Gasteiger charge is -2.58. The van der Waals surface area contributed by atoms with Crippen molar-refractivity contribution in [3.8, 4) is 5.75 Å². The third-order valence-electron chi connectivity index (χ3n) is 8.10. The van der Waals surface area contributed by atoms with Crippen LogP contribution in [0, 0.1) is 11.3 Å². The van der Waals surface area contributed by atoms with Crippen molar-refractivity contribution in [1.29, 1.82) is 0 Å². The Hall–Kier alpha value is -2.87. The van der Waals surface area contributed by atoms with Crippen LogP contribution in [0.15, 0.2) is 42.7 Å². The zero-order valence-corrected chi connectivity index (χ0v) is 20.3. The van der Waals surface area contributed by atoms with Crippen LogP contribution in [-0.2, 0) is 11.3 Å². The van der Waals surface area contributed by atoms with Crippen molar-refractivity contribution in [2.45, 2.75) is 44.8 Å². The minimum absolute atomic E-state index is 0.0650. The molecular formula is C27H35N5O3. The minimum Gasteiger partial charge on any atom is -0.490 e. The largest absolute Gasteiger partial charge is 0.490 e. The third-order valence-corrected chi connectivity index (χ3v) is 8.10. The number of hydrogen-bond acceptors (Lipinski definition) is 7. The molecule has 0 radical (unpaired) electrons. The van der Waals surface area contributed by atoms with Gasteiger partial charge in [0, 0.05) is 51.2 Å². The van der Waals surface area contributed by atoms with Gasteiger partial charge in [-0.15, -0.1) is 0 Å². The first-order chi connectivity index (χ1) is 17.1. The molecule has 2 aliphatic carbocycles. The Morgan fingerprint density at radius 2 is 1.71 bits per heavy atom. The van der Waals surface area contributed by atoms with E-state index in [1.54, 1.807) is 12.4 Å². The highest BCUT2D eigenvalue weighted by atomic mass is 16.6. The third kappa shape index (κ3) is 5.08. The molecule has 0 unspecified atom stereocenters. The summed E-state index contributed by atoms with van der Waals surface area (Å²) in [4.78, 5) is 28.1. The predicted molar refractivity (Wildman–Crippen MR) is 132 cm³/mol. The molecule has 0 bridgehead atoms. The quantitative estimate of drug-likeness (QED) is 0.604. The predicted octanol–water partition coefficient (Wildman–Crippen LogP) is 3.58. The van der Waals surface area contributed by atoms with Gasteiger partial charge in [-0.3, -0.25) is 4.90 Å². The molecule has 2 saturated heterocycles. The van der Waals surface area contributed by atoms with E-state index in [-0.39, 0.29) is 12.2 Å². The number of likely N-dealkylation sites (tertiary alicyclic amines) is 1. The maximum absolute atomic E-state index is 12.7. The summed E-state index contributed by atoms with van der Waals surface area (Å²) in [6, 6.07) is 10.6. The van der Waals surface area contributed by atoms with Crippen LogP contribution in [0.5, 0.6) is 5.75 Å². The van der Waals surface area contributed by atoms with Crippen molar-refractivity contribution >= 4 is 12.0 Å². The van der Waals surface area contributed by atoms with Gasteiger partial charge in [-0.2, -0.15) is 0 Å². The molecule has 35 heavy (non-hydrogen) atoms. The van der Waals surface area contributed by atoms with Crippen LogP contribution in [0.2, 0.25) is 0 Å². The lowest BCUT2D eigenvalue weighted by atomic mass is 9.61. The summed E-state index contributed by atoms with van der Waals surface area (Å²) in [6.45, 7) is 6.67. The van der Waals surface area contributed by atoms with Gasteiger partial charge in [0.2, 0.25) is 5.95 Å². The number of anilines is 1. The first-order valence-electron chi connectivity index (χ1n) is 13.1. The maximum atomic E-state index is 12.7. The van der Waals surface area contributed by atoms with Crippen LogP contribution in [0.3, 0.4) is 0 Å². The van der Waals surface area contributed by atoms with Gasteiger partial charge in [-0.1, -0.05) is 36.8 Å². The molecule has 1 spiro atoms. The normalized spacial score (nSPS) is 22.3. The molecule has 6 rings (SSSR count). The zero-order valence-electron chi connectivity index (χ0n) is 20.3. The van der Waals surface area contributed by atoms with Crippen molar-refractivity contribution in [3.63, 3.8) is 0 Å². The maximum Gasteiger partial charge on any atom is 0.410 e. The average Bonchev–Trinajstić information content (AvgIpc) is 2.81. The van der Waals surface area contributed by atoms with E-state index in [1.165, 1.54) is 24.8 Å². The van der Waals surface area contributed by atoms with E-state index in [9.17, 15) is 4.79 Å². The van der Waals surface area contributed by atoms with Crippen molar-refractivity contribution < 1.29 is 14.3 Å². The highest BCUT2D eigenvalue weighted by Gasteiger charge is 2.53. The van der Waals surface area contributed by atoms with Crippen LogP contribution < -0.4 is 9.64 Å². The molecule has 0 atom stereocenters. The highest BCUT2D eigenvalue weighted by molar-refractivity contribution is 5.68. The molecule has 2 aliphatic heterocycles. The van der Waals surface area contributed by atoms with Crippen molar-refractivity contribution in [1.82, 2.24) is 19.8 Å². The molecule has 3 heterocycles. The molecule has 8 heteroatoms. The average molecular weight is 478 g/mol. The lowest BCUT2D eigenvalue weighted by molar-refractivity contribution is -0.136. The molecule has 2 aromatic rings. The molecular weight excluding hydrogens is 442 g/mol. The van der Waals surface area contributed by atoms with E-state index in [1.807, 2.05) is 4.90 Å². The summed E-state index contributed by atoms with van der Waals surface area (Å²) in [5.41, 5.74) is 1.73. The summed E-state index contributed by atoms with van der Waals surface area (Å²) >= 11 is 0. The van der Waals surface area contributed by atoms with E-state index in [0.717, 1.165) is 44.8 Å².